The van der Waals surface area contributed by atoms with Crippen LogP contribution in [0.5, 0.6) is 0 Å². The van der Waals surface area contributed by atoms with Crippen molar-refractivity contribution in [2.45, 2.75) is 43.8 Å². The van der Waals surface area contributed by atoms with Gasteiger partial charge in [0.1, 0.15) is 17.6 Å². The average Bonchev–Trinajstić information content (AvgIpc) is 2.80. The summed E-state index contributed by atoms with van der Waals surface area (Å²) in [6.07, 6.45) is 3.27. The van der Waals surface area contributed by atoms with Crippen molar-refractivity contribution in [2.75, 3.05) is 38.7 Å². The fourth-order valence-electron chi connectivity index (χ4n) is 5.43. The smallest absolute Gasteiger partial charge is 0.238 e. The Bertz CT molecular complexity index is 1070. The minimum Gasteiger partial charge on any atom is -0.381 e. The van der Waals surface area contributed by atoms with Gasteiger partial charge < -0.3 is 19.9 Å². The van der Waals surface area contributed by atoms with E-state index in [0.717, 1.165) is 35.5 Å². The number of likely N-dealkylation sites (N-methyl/N-ethyl adjacent to an activating group) is 1. The van der Waals surface area contributed by atoms with E-state index >= 15 is 0 Å². The Morgan fingerprint density at radius 2 is 2.00 bits per heavy atom. The lowest BCUT2D eigenvalue weighted by Gasteiger charge is -2.53. The molecule has 3 aliphatic rings. The van der Waals surface area contributed by atoms with Crippen LogP contribution in [0.2, 0.25) is 0 Å². The zero-order chi connectivity index (χ0) is 22.3. The van der Waals surface area contributed by atoms with Crippen molar-refractivity contribution >= 4 is 11.7 Å². The number of aromatic nitrogens is 2. The Kier molecular flexibility index (Phi) is 5.31. The maximum absolute atomic E-state index is 13.7. The molecule has 3 aliphatic heterocycles. The van der Waals surface area contributed by atoms with Gasteiger partial charge in [-0.25, -0.2) is 9.97 Å². The molecule has 8 heteroatoms. The van der Waals surface area contributed by atoms with Gasteiger partial charge in [0.15, 0.2) is 0 Å². The van der Waals surface area contributed by atoms with E-state index in [2.05, 4.69) is 26.3 Å². The highest BCUT2D eigenvalue weighted by molar-refractivity contribution is 5.92. The summed E-state index contributed by atoms with van der Waals surface area (Å²) >= 11 is 0. The quantitative estimate of drug-likeness (QED) is 0.792. The number of amides is 1. The SMILES string of the molecule is C[C@@H](Nc1ncnc2c1CN(C1CCOCC1)C(=O)C21CN(C)C1)c1ccccc1C#N. The largest absolute Gasteiger partial charge is 0.381 e. The van der Waals surface area contributed by atoms with Crippen molar-refractivity contribution in [1.29, 1.82) is 5.26 Å². The number of anilines is 1. The fraction of sp³-hybridized carbons (Fsp3) is 0.500. The minimum absolute atomic E-state index is 0.112. The molecular weight excluding hydrogens is 404 g/mol. The molecule has 0 bridgehead atoms. The number of likely N-dealkylation sites (tertiary alicyclic amines) is 1. The Hall–Kier alpha value is -3.02. The number of nitrogens with zero attached hydrogens (tertiary/aromatic N) is 5. The summed E-state index contributed by atoms with van der Waals surface area (Å²) in [4.78, 5) is 27.1. The second-order valence-electron chi connectivity index (χ2n) is 9.15. The summed E-state index contributed by atoms with van der Waals surface area (Å²) in [5, 5.41) is 13.0. The number of benzene rings is 1. The summed E-state index contributed by atoms with van der Waals surface area (Å²) in [6.45, 7) is 5.24. The van der Waals surface area contributed by atoms with Gasteiger partial charge in [-0.1, -0.05) is 18.2 Å². The molecule has 2 fully saturated rings. The molecule has 1 atom stereocenters. The molecule has 1 aromatic heterocycles. The van der Waals surface area contributed by atoms with Crippen molar-refractivity contribution < 1.29 is 9.53 Å². The summed E-state index contributed by atoms with van der Waals surface area (Å²) in [5.41, 5.74) is 2.81. The van der Waals surface area contributed by atoms with E-state index in [1.807, 2.05) is 43.1 Å². The highest BCUT2D eigenvalue weighted by Crippen LogP contribution is 2.43. The number of ether oxygens (including phenoxy) is 1. The van der Waals surface area contributed by atoms with Crippen molar-refractivity contribution in [3.8, 4) is 6.07 Å². The summed E-state index contributed by atoms with van der Waals surface area (Å²) in [6, 6.07) is 9.94. The summed E-state index contributed by atoms with van der Waals surface area (Å²) < 4.78 is 5.54. The third-order valence-electron chi connectivity index (χ3n) is 7.01. The lowest BCUT2D eigenvalue weighted by molar-refractivity contribution is -0.151. The maximum atomic E-state index is 13.7. The van der Waals surface area contributed by atoms with Crippen LogP contribution in [0.4, 0.5) is 5.82 Å². The van der Waals surface area contributed by atoms with Crippen LogP contribution in [-0.2, 0) is 21.5 Å². The number of hydrogen-bond acceptors (Lipinski definition) is 7. The van der Waals surface area contributed by atoms with Crippen molar-refractivity contribution in [3.63, 3.8) is 0 Å². The second kappa shape index (κ2) is 8.15. The first-order valence-electron chi connectivity index (χ1n) is 11.2. The molecule has 5 rings (SSSR count). The Balaban J connectivity index is 1.52. The molecule has 2 aromatic rings. The predicted octanol–water partition coefficient (Wildman–Crippen LogP) is 2.23. The maximum Gasteiger partial charge on any atom is 0.238 e. The highest BCUT2D eigenvalue weighted by Gasteiger charge is 2.57. The number of carbonyl (C=O) groups is 1. The van der Waals surface area contributed by atoms with E-state index in [9.17, 15) is 10.1 Å². The van der Waals surface area contributed by atoms with Gasteiger partial charge in [0.25, 0.3) is 0 Å². The van der Waals surface area contributed by atoms with Crippen LogP contribution >= 0.6 is 0 Å². The van der Waals surface area contributed by atoms with Crippen molar-refractivity contribution in [1.82, 2.24) is 19.8 Å². The van der Waals surface area contributed by atoms with E-state index < -0.39 is 5.41 Å². The normalized spacial score (nSPS) is 21.5. The number of fused-ring (bicyclic) bond motifs is 2. The zero-order valence-electron chi connectivity index (χ0n) is 18.5. The number of nitriles is 1. The third kappa shape index (κ3) is 3.33. The van der Waals surface area contributed by atoms with E-state index in [0.29, 0.717) is 38.4 Å². The molecule has 0 radical (unpaired) electrons. The van der Waals surface area contributed by atoms with E-state index in [1.165, 1.54) is 0 Å². The number of nitrogens with one attached hydrogen (secondary N) is 1. The molecule has 1 amide bonds. The monoisotopic (exact) mass is 432 g/mol. The summed E-state index contributed by atoms with van der Waals surface area (Å²) in [5.74, 6) is 0.927. The summed E-state index contributed by atoms with van der Waals surface area (Å²) in [7, 11) is 2.03. The van der Waals surface area contributed by atoms with Gasteiger partial charge in [-0.05, 0) is 38.4 Å². The van der Waals surface area contributed by atoms with E-state index in [4.69, 9.17) is 4.74 Å². The third-order valence-corrected chi connectivity index (χ3v) is 7.01. The molecule has 1 spiro atoms. The van der Waals surface area contributed by atoms with Gasteiger partial charge in [0, 0.05) is 37.9 Å². The minimum atomic E-state index is -0.603. The van der Waals surface area contributed by atoms with Gasteiger partial charge in [0.05, 0.1) is 29.9 Å². The van der Waals surface area contributed by atoms with Crippen LogP contribution in [-0.4, -0.2) is 65.1 Å². The number of hydrogen-bond donors (Lipinski definition) is 1. The van der Waals surface area contributed by atoms with Crippen molar-refractivity contribution in [2.24, 2.45) is 0 Å². The number of carbonyl (C=O) groups excluding carboxylic acids is 1. The van der Waals surface area contributed by atoms with Gasteiger partial charge in [-0.3, -0.25) is 4.79 Å². The molecule has 32 heavy (non-hydrogen) atoms. The van der Waals surface area contributed by atoms with Crippen LogP contribution in [0, 0.1) is 11.3 Å². The molecule has 1 aromatic carbocycles. The predicted molar refractivity (Wildman–Crippen MR) is 119 cm³/mol. The average molecular weight is 433 g/mol. The Labute approximate surface area is 188 Å². The van der Waals surface area contributed by atoms with Gasteiger partial charge in [-0.15, -0.1) is 0 Å². The van der Waals surface area contributed by atoms with Gasteiger partial charge in [0.2, 0.25) is 5.91 Å². The van der Waals surface area contributed by atoms with Crippen LogP contribution < -0.4 is 5.32 Å². The molecule has 0 saturated carbocycles. The van der Waals surface area contributed by atoms with Crippen LogP contribution in [0.15, 0.2) is 30.6 Å². The van der Waals surface area contributed by atoms with Crippen LogP contribution in [0.1, 0.15) is 48.2 Å². The lowest BCUT2D eigenvalue weighted by atomic mass is 9.71. The fourth-order valence-corrected chi connectivity index (χ4v) is 5.43. The Morgan fingerprint density at radius 1 is 1.25 bits per heavy atom. The number of rotatable bonds is 4. The van der Waals surface area contributed by atoms with E-state index in [-0.39, 0.29) is 18.0 Å². The first kappa shape index (κ1) is 20.9. The topological polar surface area (TPSA) is 94.4 Å². The lowest BCUT2D eigenvalue weighted by Crippen LogP contribution is -2.69. The Morgan fingerprint density at radius 3 is 2.72 bits per heavy atom. The standard InChI is InChI=1S/C24H28N6O2/c1-16(19-6-4-3-5-17(19)11-25)28-22-20-12-30(18-7-9-32-10-8-18)23(31)24(13-29(2)14-24)21(20)26-15-27-22/h3-6,15-16,18H,7-10,12-14H2,1-2H3,(H,26,27,28)/t16-/m1/s1. The first-order chi connectivity index (χ1) is 15.5. The van der Waals surface area contributed by atoms with E-state index in [1.54, 1.807) is 6.33 Å². The molecule has 1 N–H and O–H groups in total. The molecule has 0 aliphatic carbocycles. The molecular formula is C24H28N6O2. The van der Waals surface area contributed by atoms with Gasteiger partial charge in [-0.2, -0.15) is 5.26 Å². The van der Waals surface area contributed by atoms with Crippen LogP contribution in [0.3, 0.4) is 0 Å². The molecule has 0 unspecified atom stereocenters. The first-order valence-corrected chi connectivity index (χ1v) is 11.2. The van der Waals surface area contributed by atoms with Gasteiger partial charge >= 0.3 is 0 Å². The zero-order valence-corrected chi connectivity index (χ0v) is 18.5. The second-order valence-corrected chi connectivity index (χ2v) is 9.15. The molecule has 8 nitrogen and oxygen atoms in total. The molecule has 166 valence electrons. The molecule has 4 heterocycles. The van der Waals surface area contributed by atoms with Crippen LogP contribution in [0.25, 0.3) is 0 Å². The highest BCUT2D eigenvalue weighted by atomic mass is 16.5. The molecule has 2 saturated heterocycles. The van der Waals surface area contributed by atoms with Crippen molar-refractivity contribution in [3.05, 3.63) is 53.0 Å².